The van der Waals surface area contributed by atoms with E-state index < -0.39 is 16.9 Å². The summed E-state index contributed by atoms with van der Waals surface area (Å²) in [6.07, 6.45) is 2.06. The number of benzene rings is 2. The number of fused-ring (bicyclic) bond motifs is 4. The fourth-order valence-electron chi connectivity index (χ4n) is 5.64. The fraction of sp³-hybridized carbons (Fsp3) is 0.276. The Hall–Kier alpha value is -4.33. The quantitative estimate of drug-likeness (QED) is 0.544. The molecule has 8 nitrogen and oxygen atoms in total. The number of hydrogen-bond donors (Lipinski definition) is 1. The van der Waals surface area contributed by atoms with Crippen molar-refractivity contribution < 1.29 is 19.1 Å². The van der Waals surface area contributed by atoms with Crippen molar-refractivity contribution in [3.63, 3.8) is 0 Å². The van der Waals surface area contributed by atoms with Gasteiger partial charge in [0.1, 0.15) is 16.7 Å². The molecule has 1 fully saturated rings. The molecule has 2 N–H and O–H groups in total. The number of methoxy groups -OCH3 is 1. The first-order chi connectivity index (χ1) is 17.9. The van der Waals surface area contributed by atoms with Crippen molar-refractivity contribution in [2.75, 3.05) is 18.6 Å². The van der Waals surface area contributed by atoms with Crippen molar-refractivity contribution in [3.8, 4) is 5.75 Å². The van der Waals surface area contributed by atoms with Gasteiger partial charge < -0.3 is 24.7 Å². The summed E-state index contributed by atoms with van der Waals surface area (Å²) in [4.78, 5) is 43.9. The lowest BCUT2D eigenvalue weighted by molar-refractivity contribution is -0.138. The van der Waals surface area contributed by atoms with Gasteiger partial charge in [-0.15, -0.1) is 0 Å². The molecule has 0 bridgehead atoms. The van der Waals surface area contributed by atoms with E-state index in [-0.39, 0.29) is 28.7 Å². The largest absolute Gasteiger partial charge is 0.465 e. The average molecular weight is 498 g/mol. The van der Waals surface area contributed by atoms with E-state index in [9.17, 15) is 14.4 Å². The van der Waals surface area contributed by atoms with Gasteiger partial charge in [0.15, 0.2) is 0 Å². The van der Waals surface area contributed by atoms with Crippen molar-refractivity contribution in [2.24, 2.45) is 11.7 Å². The molecule has 1 amide bonds. The molecule has 2 aliphatic heterocycles. The van der Waals surface area contributed by atoms with Crippen molar-refractivity contribution in [1.29, 1.82) is 0 Å². The summed E-state index contributed by atoms with van der Waals surface area (Å²) in [6.45, 7) is 2.61. The Morgan fingerprint density at radius 2 is 1.81 bits per heavy atom. The topological polar surface area (TPSA) is 104 Å². The van der Waals surface area contributed by atoms with Gasteiger partial charge in [-0.3, -0.25) is 9.59 Å². The van der Waals surface area contributed by atoms with Crippen LogP contribution in [0.2, 0.25) is 0 Å². The van der Waals surface area contributed by atoms with Crippen LogP contribution in [0.3, 0.4) is 0 Å². The monoisotopic (exact) mass is 497 g/mol. The summed E-state index contributed by atoms with van der Waals surface area (Å²) >= 11 is 0. The number of carbonyl (C=O) groups excluding carboxylic acids is 2. The maximum absolute atomic E-state index is 14.6. The molecule has 1 spiro atoms. The van der Waals surface area contributed by atoms with Crippen LogP contribution in [-0.2, 0) is 26.3 Å². The summed E-state index contributed by atoms with van der Waals surface area (Å²) in [7, 11) is 1.22. The van der Waals surface area contributed by atoms with Gasteiger partial charge in [0.2, 0.25) is 11.8 Å². The van der Waals surface area contributed by atoms with E-state index in [1.165, 1.54) is 7.11 Å². The predicted octanol–water partition coefficient (Wildman–Crippen LogP) is 2.98. The molecule has 0 radical (unpaired) electrons. The molecular weight excluding hydrogens is 470 g/mol. The lowest BCUT2D eigenvalue weighted by Crippen LogP contribution is -2.52. The Bertz CT molecular complexity index is 1540. The molecule has 3 aliphatic rings. The van der Waals surface area contributed by atoms with Gasteiger partial charge in [-0.2, -0.15) is 0 Å². The molecular formula is C29H27N3O5. The number of ether oxygens (including phenoxy) is 2. The number of aryl methyl sites for hydroxylation is 1. The number of aromatic nitrogens is 1. The van der Waals surface area contributed by atoms with Crippen LogP contribution in [0, 0.1) is 12.8 Å². The number of nitrogens with two attached hydrogens (primary N) is 1. The van der Waals surface area contributed by atoms with Gasteiger partial charge in [0.25, 0.3) is 5.56 Å². The number of nitrogens with zero attached hydrogens (tertiary/aromatic N) is 2. The Morgan fingerprint density at radius 1 is 1.11 bits per heavy atom. The van der Waals surface area contributed by atoms with Crippen LogP contribution in [0.25, 0.3) is 0 Å². The summed E-state index contributed by atoms with van der Waals surface area (Å²) in [5.74, 6) is -0.888. The zero-order chi connectivity index (χ0) is 25.9. The molecule has 6 rings (SSSR count). The van der Waals surface area contributed by atoms with Gasteiger partial charge in [-0.05, 0) is 37.3 Å². The second-order valence-corrected chi connectivity index (χ2v) is 9.86. The molecule has 0 saturated heterocycles. The minimum atomic E-state index is -1.78. The summed E-state index contributed by atoms with van der Waals surface area (Å²) in [5, 5.41) is 0. The van der Waals surface area contributed by atoms with Gasteiger partial charge >= 0.3 is 5.97 Å². The minimum absolute atomic E-state index is 0.0828. The molecule has 1 aromatic heterocycles. The van der Waals surface area contributed by atoms with Crippen molar-refractivity contribution >= 4 is 17.6 Å². The highest BCUT2D eigenvalue weighted by Gasteiger charge is 2.62. The van der Waals surface area contributed by atoms with Gasteiger partial charge in [-0.25, -0.2) is 4.79 Å². The Morgan fingerprint density at radius 3 is 2.51 bits per heavy atom. The maximum atomic E-state index is 14.6. The van der Waals surface area contributed by atoms with Crippen LogP contribution in [-0.4, -0.2) is 30.1 Å². The Balaban J connectivity index is 1.67. The number of para-hydroxylation sites is 1. The minimum Gasteiger partial charge on any atom is -0.465 e. The SMILES string of the molecule is COC(=O)C1=C(N)Oc2cc(C)n(Cc3ccccc3)c(=O)c2C12C(=O)N(CC1CC1)c1ccccc12. The summed E-state index contributed by atoms with van der Waals surface area (Å²) in [6, 6.07) is 18.6. The number of rotatable bonds is 5. The van der Waals surface area contributed by atoms with E-state index in [4.69, 9.17) is 15.2 Å². The Kier molecular flexibility index (Phi) is 5.22. The average Bonchev–Trinajstić information content (AvgIpc) is 3.69. The zero-order valence-corrected chi connectivity index (χ0v) is 20.7. The van der Waals surface area contributed by atoms with E-state index in [2.05, 4.69) is 0 Å². The molecule has 1 aliphatic carbocycles. The molecule has 8 heteroatoms. The van der Waals surface area contributed by atoms with E-state index in [1.54, 1.807) is 34.6 Å². The van der Waals surface area contributed by atoms with E-state index >= 15 is 0 Å². The number of esters is 1. The third kappa shape index (κ3) is 3.32. The van der Waals surface area contributed by atoms with Crippen LogP contribution >= 0.6 is 0 Å². The molecule has 37 heavy (non-hydrogen) atoms. The van der Waals surface area contributed by atoms with Gasteiger partial charge in [0.05, 0.1) is 19.2 Å². The van der Waals surface area contributed by atoms with E-state index in [1.807, 2.05) is 42.5 Å². The van der Waals surface area contributed by atoms with Crippen LogP contribution in [0.4, 0.5) is 5.69 Å². The standard InChI is InChI=1S/C29H27N3O5/c1-17-14-22-23(26(33)31(17)15-18-8-4-3-5-9-18)29(24(25(30)37-22)27(34)36-2)20-10-6-7-11-21(20)32(28(29)35)16-19-12-13-19/h3-11,14,19H,12-13,15-16,30H2,1-2H3. The number of anilines is 1. The second kappa shape index (κ2) is 8.37. The van der Waals surface area contributed by atoms with Gasteiger partial charge in [-0.1, -0.05) is 48.5 Å². The molecule has 1 atom stereocenters. The first-order valence-electron chi connectivity index (χ1n) is 12.3. The normalized spacial score (nSPS) is 20.1. The third-order valence-electron chi connectivity index (χ3n) is 7.56. The first-order valence-corrected chi connectivity index (χ1v) is 12.3. The molecule has 3 aromatic rings. The van der Waals surface area contributed by atoms with Crippen LogP contribution < -0.4 is 20.9 Å². The van der Waals surface area contributed by atoms with Crippen molar-refractivity contribution in [1.82, 2.24) is 4.57 Å². The highest BCUT2D eigenvalue weighted by Crippen LogP contribution is 2.55. The molecule has 3 heterocycles. The van der Waals surface area contributed by atoms with Crippen molar-refractivity contribution in [3.05, 3.63) is 105 Å². The summed E-state index contributed by atoms with van der Waals surface area (Å²) in [5.41, 5.74) is 6.83. The lowest BCUT2D eigenvalue weighted by atomic mass is 9.68. The molecule has 2 aromatic carbocycles. The van der Waals surface area contributed by atoms with Crippen molar-refractivity contribution in [2.45, 2.75) is 31.7 Å². The predicted molar refractivity (Wildman–Crippen MR) is 137 cm³/mol. The summed E-state index contributed by atoms with van der Waals surface area (Å²) < 4.78 is 12.6. The molecule has 1 saturated carbocycles. The number of amides is 1. The van der Waals surface area contributed by atoms with Crippen LogP contribution in [0.1, 0.15) is 35.2 Å². The Labute approximate surface area is 213 Å². The molecule has 188 valence electrons. The second-order valence-electron chi connectivity index (χ2n) is 9.86. The zero-order valence-electron chi connectivity index (χ0n) is 20.7. The van der Waals surface area contributed by atoms with Gasteiger partial charge in [0, 0.05) is 29.6 Å². The highest BCUT2D eigenvalue weighted by molar-refractivity contribution is 6.18. The lowest BCUT2D eigenvalue weighted by Gasteiger charge is -2.36. The first kappa shape index (κ1) is 23.1. The molecule has 1 unspecified atom stereocenters. The fourth-order valence-corrected chi connectivity index (χ4v) is 5.64. The van der Waals surface area contributed by atoms with Crippen LogP contribution in [0.15, 0.2) is 76.9 Å². The number of hydrogen-bond acceptors (Lipinski definition) is 6. The van der Waals surface area contributed by atoms with Crippen LogP contribution in [0.5, 0.6) is 5.75 Å². The van der Waals surface area contributed by atoms with E-state index in [0.29, 0.717) is 36.0 Å². The number of carbonyl (C=O) groups is 2. The maximum Gasteiger partial charge on any atom is 0.340 e. The number of pyridine rings is 1. The third-order valence-corrected chi connectivity index (χ3v) is 7.56. The highest BCUT2D eigenvalue weighted by atomic mass is 16.5. The smallest absolute Gasteiger partial charge is 0.340 e. The van der Waals surface area contributed by atoms with E-state index in [0.717, 1.165) is 18.4 Å².